The van der Waals surface area contributed by atoms with Crippen molar-refractivity contribution in [1.29, 1.82) is 0 Å². The van der Waals surface area contributed by atoms with Gasteiger partial charge in [-0.05, 0) is 48.9 Å². The van der Waals surface area contributed by atoms with E-state index in [2.05, 4.69) is 0 Å². The Hall–Kier alpha value is -1.55. The average molecular weight is 278 g/mol. The lowest BCUT2D eigenvalue weighted by Gasteiger charge is -2.21. The van der Waals surface area contributed by atoms with E-state index in [-0.39, 0.29) is 12.6 Å². The fourth-order valence-corrected chi connectivity index (χ4v) is 2.36. The van der Waals surface area contributed by atoms with Crippen molar-refractivity contribution in [1.82, 2.24) is 0 Å². The van der Waals surface area contributed by atoms with Crippen molar-refractivity contribution in [3.8, 4) is 5.75 Å². The van der Waals surface area contributed by atoms with Crippen LogP contribution in [-0.4, -0.2) is 24.3 Å². The standard InChI is InChI=1S/C16H22O4/c1-2-3-9-19-16(18)11-20-13-8-7-12-5-4-6-15(17)14(12)10-13/h7-8,10,15,17H,2-6,9,11H2,1H3/t15-/m0/s1. The Kier molecular flexibility index (Phi) is 5.41. The van der Waals surface area contributed by atoms with Crippen molar-refractivity contribution in [2.75, 3.05) is 13.2 Å². The maximum Gasteiger partial charge on any atom is 0.344 e. The van der Waals surface area contributed by atoms with Crippen molar-refractivity contribution >= 4 is 5.97 Å². The minimum Gasteiger partial charge on any atom is -0.482 e. The molecule has 1 aliphatic carbocycles. The van der Waals surface area contributed by atoms with Gasteiger partial charge in [0.25, 0.3) is 0 Å². The van der Waals surface area contributed by atoms with Gasteiger partial charge in [-0.15, -0.1) is 0 Å². The van der Waals surface area contributed by atoms with Crippen molar-refractivity contribution in [2.24, 2.45) is 0 Å². The molecule has 20 heavy (non-hydrogen) atoms. The summed E-state index contributed by atoms with van der Waals surface area (Å²) in [7, 11) is 0. The van der Waals surface area contributed by atoms with E-state index >= 15 is 0 Å². The second kappa shape index (κ2) is 7.29. The monoisotopic (exact) mass is 278 g/mol. The van der Waals surface area contributed by atoms with Crippen LogP contribution in [0.25, 0.3) is 0 Å². The number of rotatable bonds is 6. The second-order valence-electron chi connectivity index (χ2n) is 5.13. The number of aliphatic hydroxyl groups is 1. The van der Waals surface area contributed by atoms with E-state index in [1.165, 1.54) is 5.56 Å². The number of carbonyl (C=O) groups is 1. The highest BCUT2D eigenvalue weighted by Gasteiger charge is 2.18. The lowest BCUT2D eigenvalue weighted by Crippen LogP contribution is -2.16. The van der Waals surface area contributed by atoms with Gasteiger partial charge >= 0.3 is 5.97 Å². The van der Waals surface area contributed by atoms with Crippen LogP contribution in [0.5, 0.6) is 5.75 Å². The smallest absolute Gasteiger partial charge is 0.344 e. The van der Waals surface area contributed by atoms with Gasteiger partial charge in [0.2, 0.25) is 0 Å². The fourth-order valence-electron chi connectivity index (χ4n) is 2.36. The van der Waals surface area contributed by atoms with Crippen molar-refractivity contribution in [3.63, 3.8) is 0 Å². The Balaban J connectivity index is 1.87. The first-order valence-corrected chi connectivity index (χ1v) is 7.30. The van der Waals surface area contributed by atoms with Gasteiger partial charge in [0.1, 0.15) is 5.75 Å². The molecular formula is C16H22O4. The molecule has 1 aromatic rings. The molecule has 1 N–H and O–H groups in total. The number of benzene rings is 1. The van der Waals surface area contributed by atoms with Crippen LogP contribution in [0.3, 0.4) is 0 Å². The highest BCUT2D eigenvalue weighted by Crippen LogP contribution is 2.32. The predicted octanol–water partition coefficient (Wildman–Crippen LogP) is 2.78. The molecule has 0 radical (unpaired) electrons. The molecule has 0 fully saturated rings. The van der Waals surface area contributed by atoms with E-state index in [9.17, 15) is 9.90 Å². The number of fused-ring (bicyclic) bond motifs is 1. The molecule has 0 spiro atoms. The van der Waals surface area contributed by atoms with E-state index in [1.807, 2.05) is 25.1 Å². The molecule has 0 amide bonds. The number of hydrogen-bond acceptors (Lipinski definition) is 4. The molecule has 110 valence electrons. The predicted molar refractivity (Wildman–Crippen MR) is 75.7 cm³/mol. The van der Waals surface area contributed by atoms with Gasteiger partial charge in [0.05, 0.1) is 12.7 Å². The summed E-state index contributed by atoms with van der Waals surface area (Å²) in [5, 5.41) is 9.96. The minimum atomic E-state index is -0.418. The van der Waals surface area contributed by atoms with Crippen molar-refractivity contribution in [3.05, 3.63) is 29.3 Å². The molecular weight excluding hydrogens is 256 g/mol. The largest absolute Gasteiger partial charge is 0.482 e. The third-order valence-corrected chi connectivity index (χ3v) is 3.52. The summed E-state index contributed by atoms with van der Waals surface area (Å²) in [6, 6.07) is 5.64. The Morgan fingerprint density at radius 2 is 2.30 bits per heavy atom. The molecule has 0 aliphatic heterocycles. The number of unbranched alkanes of at least 4 members (excludes halogenated alkanes) is 1. The first-order valence-electron chi connectivity index (χ1n) is 7.30. The van der Waals surface area contributed by atoms with Gasteiger partial charge < -0.3 is 14.6 Å². The molecule has 0 unspecified atom stereocenters. The van der Waals surface area contributed by atoms with E-state index < -0.39 is 6.10 Å². The van der Waals surface area contributed by atoms with Crippen LogP contribution >= 0.6 is 0 Å². The van der Waals surface area contributed by atoms with E-state index in [0.29, 0.717) is 12.4 Å². The summed E-state index contributed by atoms with van der Waals surface area (Å²) in [5.74, 6) is 0.258. The lowest BCUT2D eigenvalue weighted by molar-refractivity contribution is -0.146. The number of aliphatic hydroxyl groups excluding tert-OH is 1. The minimum absolute atomic E-state index is 0.0847. The summed E-state index contributed by atoms with van der Waals surface area (Å²) in [5.41, 5.74) is 2.09. The zero-order chi connectivity index (χ0) is 14.4. The summed E-state index contributed by atoms with van der Waals surface area (Å²) in [6.45, 7) is 2.41. The van der Waals surface area contributed by atoms with Crippen molar-refractivity contribution in [2.45, 2.75) is 45.1 Å². The summed E-state index contributed by atoms with van der Waals surface area (Å²) < 4.78 is 10.5. The number of hydrogen-bond donors (Lipinski definition) is 1. The maximum absolute atomic E-state index is 11.4. The van der Waals surface area contributed by atoms with Gasteiger partial charge in [0.15, 0.2) is 6.61 Å². The first-order chi connectivity index (χ1) is 9.70. The van der Waals surface area contributed by atoms with Gasteiger partial charge in [-0.2, -0.15) is 0 Å². The Labute approximate surface area is 119 Å². The van der Waals surface area contributed by atoms with Gasteiger partial charge in [-0.25, -0.2) is 4.79 Å². The highest BCUT2D eigenvalue weighted by molar-refractivity contribution is 5.71. The Morgan fingerprint density at radius 3 is 3.10 bits per heavy atom. The first kappa shape index (κ1) is 14.9. The average Bonchev–Trinajstić information content (AvgIpc) is 2.46. The van der Waals surface area contributed by atoms with E-state index in [1.54, 1.807) is 0 Å². The van der Waals surface area contributed by atoms with Crippen LogP contribution in [0.4, 0.5) is 0 Å². The number of aryl methyl sites for hydroxylation is 1. The molecule has 0 saturated carbocycles. The van der Waals surface area contributed by atoms with Crippen LogP contribution < -0.4 is 4.74 Å². The molecule has 1 aliphatic rings. The quantitative estimate of drug-likeness (QED) is 0.642. The van der Waals surface area contributed by atoms with Crippen LogP contribution in [0, 0.1) is 0 Å². The SMILES string of the molecule is CCCCOC(=O)COc1ccc2c(c1)[C@@H](O)CCC2. The summed E-state index contributed by atoms with van der Waals surface area (Å²) in [6.07, 6.45) is 4.24. The third kappa shape index (κ3) is 3.97. The molecule has 1 atom stereocenters. The van der Waals surface area contributed by atoms with Crippen LogP contribution in [0.1, 0.15) is 49.8 Å². The summed E-state index contributed by atoms with van der Waals surface area (Å²) >= 11 is 0. The maximum atomic E-state index is 11.4. The van der Waals surface area contributed by atoms with Gasteiger partial charge in [-0.1, -0.05) is 19.4 Å². The summed E-state index contributed by atoms with van der Waals surface area (Å²) in [4.78, 5) is 11.4. The molecule has 1 aromatic carbocycles. The highest BCUT2D eigenvalue weighted by atomic mass is 16.6. The molecule has 0 heterocycles. The Morgan fingerprint density at radius 1 is 1.45 bits per heavy atom. The molecule has 0 aromatic heterocycles. The van der Waals surface area contributed by atoms with Gasteiger partial charge in [-0.3, -0.25) is 0 Å². The number of carbonyl (C=O) groups excluding carboxylic acids is 1. The second-order valence-corrected chi connectivity index (χ2v) is 5.13. The third-order valence-electron chi connectivity index (χ3n) is 3.52. The molecule has 2 rings (SSSR count). The van der Waals surface area contributed by atoms with Gasteiger partial charge in [0, 0.05) is 0 Å². The number of ether oxygens (including phenoxy) is 2. The Bertz CT molecular complexity index is 456. The zero-order valence-electron chi connectivity index (χ0n) is 11.9. The fraction of sp³-hybridized carbons (Fsp3) is 0.562. The lowest BCUT2D eigenvalue weighted by atomic mass is 9.89. The molecule has 0 saturated heterocycles. The van der Waals surface area contributed by atoms with Crippen LogP contribution in [0.2, 0.25) is 0 Å². The molecule has 4 heteroatoms. The topological polar surface area (TPSA) is 55.8 Å². The van der Waals surface area contributed by atoms with Crippen LogP contribution in [0.15, 0.2) is 18.2 Å². The zero-order valence-corrected chi connectivity index (χ0v) is 11.9. The number of esters is 1. The molecule has 4 nitrogen and oxygen atoms in total. The van der Waals surface area contributed by atoms with E-state index in [0.717, 1.165) is 37.7 Å². The molecule has 0 bridgehead atoms. The van der Waals surface area contributed by atoms with Crippen molar-refractivity contribution < 1.29 is 19.4 Å². The normalized spacial score (nSPS) is 17.4. The van der Waals surface area contributed by atoms with E-state index in [4.69, 9.17) is 9.47 Å². The van der Waals surface area contributed by atoms with Crippen LogP contribution in [-0.2, 0) is 16.0 Å².